The largest absolute Gasteiger partial charge is 0.354 e. The Labute approximate surface area is 155 Å². The van der Waals surface area contributed by atoms with Crippen LogP contribution in [-0.4, -0.2) is 31.1 Å². The Bertz CT molecular complexity index is 998. The number of aromatic nitrogens is 4. The van der Waals surface area contributed by atoms with Crippen molar-refractivity contribution in [2.24, 2.45) is 14.1 Å². The van der Waals surface area contributed by atoms with Crippen LogP contribution < -0.4 is 16.6 Å². The summed E-state index contributed by atoms with van der Waals surface area (Å²) in [6.07, 6.45) is 7.73. The Morgan fingerprint density at radius 2 is 2.04 bits per heavy atom. The summed E-state index contributed by atoms with van der Waals surface area (Å²) in [6, 6.07) is 0. The first-order valence-corrected chi connectivity index (χ1v) is 9.04. The van der Waals surface area contributed by atoms with Crippen LogP contribution in [0.15, 0.2) is 21.2 Å². The first kappa shape index (κ1) is 18.4. The zero-order chi connectivity index (χ0) is 18.8. The standard InChI is InChI=1S/C17H22ClN5O3/c1-21-14-13(15(25)22(2)17(21)26)23(16(18)20-14)10-12(24)19-9-8-11-6-4-3-5-7-11/h6H,3-5,7-10H2,1-2H3,(H,19,24). The van der Waals surface area contributed by atoms with Crippen molar-refractivity contribution in [2.45, 2.75) is 38.6 Å². The lowest BCUT2D eigenvalue weighted by Crippen LogP contribution is -2.38. The van der Waals surface area contributed by atoms with E-state index in [2.05, 4.69) is 16.4 Å². The number of aryl methyl sites for hydroxylation is 1. The molecule has 0 bridgehead atoms. The summed E-state index contributed by atoms with van der Waals surface area (Å²) in [5.74, 6) is -0.251. The number of imidazole rings is 1. The number of nitrogens with one attached hydrogen (secondary N) is 1. The van der Waals surface area contributed by atoms with Gasteiger partial charge in [0.25, 0.3) is 5.56 Å². The smallest absolute Gasteiger partial charge is 0.332 e. The molecule has 1 N–H and O–H groups in total. The summed E-state index contributed by atoms with van der Waals surface area (Å²) < 4.78 is 3.56. The van der Waals surface area contributed by atoms with Crippen LogP contribution in [0.1, 0.15) is 32.1 Å². The Balaban J connectivity index is 1.77. The molecule has 0 spiro atoms. The first-order valence-electron chi connectivity index (χ1n) is 8.66. The van der Waals surface area contributed by atoms with Gasteiger partial charge in [0.1, 0.15) is 6.54 Å². The molecule has 140 valence electrons. The SMILES string of the molecule is Cn1c(=O)c2c(nc(Cl)n2CC(=O)NCCC2=CCCCC2)n(C)c1=O. The predicted octanol–water partition coefficient (Wildman–Crippen LogP) is 1.09. The van der Waals surface area contributed by atoms with Gasteiger partial charge in [0, 0.05) is 20.6 Å². The third-order valence-electron chi connectivity index (χ3n) is 4.76. The Hall–Kier alpha value is -2.35. The van der Waals surface area contributed by atoms with Crippen molar-refractivity contribution in [1.29, 1.82) is 0 Å². The van der Waals surface area contributed by atoms with Gasteiger partial charge in [-0.05, 0) is 43.7 Å². The molecule has 0 aromatic carbocycles. The minimum absolute atomic E-state index is 0.00318. The van der Waals surface area contributed by atoms with Crippen molar-refractivity contribution in [3.63, 3.8) is 0 Å². The lowest BCUT2D eigenvalue weighted by Gasteiger charge is -2.13. The molecule has 9 heteroatoms. The van der Waals surface area contributed by atoms with Crippen LogP contribution in [0.25, 0.3) is 11.2 Å². The van der Waals surface area contributed by atoms with Gasteiger partial charge in [-0.15, -0.1) is 0 Å². The molecule has 1 amide bonds. The molecule has 1 aliphatic rings. The van der Waals surface area contributed by atoms with E-state index >= 15 is 0 Å². The predicted molar refractivity (Wildman–Crippen MR) is 99.4 cm³/mol. The quantitative estimate of drug-likeness (QED) is 0.622. The highest BCUT2D eigenvalue weighted by atomic mass is 35.5. The lowest BCUT2D eigenvalue weighted by atomic mass is 9.97. The number of rotatable bonds is 5. The topological polar surface area (TPSA) is 90.9 Å². The van der Waals surface area contributed by atoms with E-state index in [9.17, 15) is 14.4 Å². The van der Waals surface area contributed by atoms with E-state index in [1.807, 2.05) is 0 Å². The molecular weight excluding hydrogens is 358 g/mol. The monoisotopic (exact) mass is 379 g/mol. The van der Waals surface area contributed by atoms with E-state index in [0.717, 1.165) is 23.8 Å². The van der Waals surface area contributed by atoms with Crippen LogP contribution in [0.4, 0.5) is 0 Å². The fourth-order valence-electron chi connectivity index (χ4n) is 3.26. The number of amides is 1. The van der Waals surface area contributed by atoms with Gasteiger partial charge in [0.2, 0.25) is 11.2 Å². The van der Waals surface area contributed by atoms with Crippen LogP contribution in [-0.2, 0) is 25.4 Å². The highest BCUT2D eigenvalue weighted by Crippen LogP contribution is 2.19. The third-order valence-corrected chi connectivity index (χ3v) is 5.04. The summed E-state index contributed by atoms with van der Waals surface area (Å²) in [6.45, 7) is 0.424. The number of allylic oxidation sites excluding steroid dienone is 1. The highest BCUT2D eigenvalue weighted by Gasteiger charge is 2.19. The molecule has 2 heterocycles. The molecule has 0 saturated heterocycles. The molecular formula is C17H22ClN5O3. The fraction of sp³-hybridized carbons (Fsp3) is 0.529. The van der Waals surface area contributed by atoms with Crippen LogP contribution in [0, 0.1) is 0 Å². The molecule has 0 atom stereocenters. The summed E-state index contributed by atoms with van der Waals surface area (Å²) in [5.41, 5.74) is 0.677. The van der Waals surface area contributed by atoms with Crippen LogP contribution >= 0.6 is 11.6 Å². The highest BCUT2D eigenvalue weighted by molar-refractivity contribution is 6.29. The molecule has 26 heavy (non-hydrogen) atoms. The van der Waals surface area contributed by atoms with E-state index in [0.29, 0.717) is 6.54 Å². The molecule has 3 rings (SSSR count). The molecule has 0 radical (unpaired) electrons. The van der Waals surface area contributed by atoms with Crippen molar-refractivity contribution in [1.82, 2.24) is 24.0 Å². The van der Waals surface area contributed by atoms with Gasteiger partial charge in [0.15, 0.2) is 11.2 Å². The van der Waals surface area contributed by atoms with Gasteiger partial charge in [-0.2, -0.15) is 4.98 Å². The van der Waals surface area contributed by atoms with E-state index in [1.165, 1.54) is 41.6 Å². The zero-order valence-electron chi connectivity index (χ0n) is 14.9. The van der Waals surface area contributed by atoms with Gasteiger partial charge < -0.3 is 5.32 Å². The molecule has 0 saturated carbocycles. The third kappa shape index (κ3) is 3.46. The van der Waals surface area contributed by atoms with Crippen molar-refractivity contribution < 1.29 is 4.79 Å². The minimum atomic E-state index is -0.525. The first-order chi connectivity index (χ1) is 12.4. The van der Waals surface area contributed by atoms with E-state index in [-0.39, 0.29) is 28.9 Å². The Morgan fingerprint density at radius 3 is 2.73 bits per heavy atom. The minimum Gasteiger partial charge on any atom is -0.354 e. The zero-order valence-corrected chi connectivity index (χ0v) is 15.7. The number of nitrogens with zero attached hydrogens (tertiary/aromatic N) is 4. The lowest BCUT2D eigenvalue weighted by molar-refractivity contribution is -0.121. The molecule has 0 unspecified atom stereocenters. The van der Waals surface area contributed by atoms with Crippen LogP contribution in [0.5, 0.6) is 0 Å². The van der Waals surface area contributed by atoms with Crippen molar-refractivity contribution in [2.75, 3.05) is 6.54 Å². The molecule has 0 fully saturated rings. The summed E-state index contributed by atoms with van der Waals surface area (Å²) >= 11 is 6.12. The Morgan fingerprint density at radius 1 is 1.27 bits per heavy atom. The van der Waals surface area contributed by atoms with Gasteiger partial charge in [0.05, 0.1) is 0 Å². The molecule has 2 aromatic heterocycles. The average Bonchev–Trinajstić information content (AvgIpc) is 2.95. The molecule has 8 nitrogen and oxygen atoms in total. The fourth-order valence-corrected chi connectivity index (χ4v) is 3.48. The van der Waals surface area contributed by atoms with Gasteiger partial charge in [-0.25, -0.2) is 4.79 Å². The number of halogens is 1. The van der Waals surface area contributed by atoms with Crippen molar-refractivity contribution in [3.05, 3.63) is 37.8 Å². The van der Waals surface area contributed by atoms with Gasteiger partial charge >= 0.3 is 5.69 Å². The second-order valence-corrected chi connectivity index (χ2v) is 6.89. The summed E-state index contributed by atoms with van der Waals surface area (Å²) in [4.78, 5) is 40.8. The summed E-state index contributed by atoms with van der Waals surface area (Å²) in [7, 11) is 2.89. The van der Waals surface area contributed by atoms with Gasteiger partial charge in [-0.1, -0.05) is 11.6 Å². The van der Waals surface area contributed by atoms with Crippen LogP contribution in [0.3, 0.4) is 0 Å². The second-order valence-electron chi connectivity index (χ2n) is 6.55. The maximum atomic E-state index is 12.4. The van der Waals surface area contributed by atoms with E-state index < -0.39 is 11.2 Å². The number of fused-ring (bicyclic) bond motifs is 1. The normalized spacial score (nSPS) is 14.5. The van der Waals surface area contributed by atoms with Crippen molar-refractivity contribution >= 4 is 28.7 Å². The Kier molecular flexibility index (Phi) is 5.31. The van der Waals surface area contributed by atoms with Crippen molar-refractivity contribution in [3.8, 4) is 0 Å². The average molecular weight is 380 g/mol. The molecule has 2 aromatic rings. The number of hydrogen-bond acceptors (Lipinski definition) is 4. The number of carbonyl (C=O) groups excluding carboxylic acids is 1. The van der Waals surface area contributed by atoms with E-state index in [4.69, 9.17) is 11.6 Å². The number of carbonyl (C=O) groups is 1. The molecule has 0 aliphatic heterocycles. The van der Waals surface area contributed by atoms with E-state index in [1.54, 1.807) is 0 Å². The summed E-state index contributed by atoms with van der Waals surface area (Å²) in [5, 5.41) is 2.86. The maximum Gasteiger partial charge on any atom is 0.332 e. The molecule has 1 aliphatic carbocycles. The van der Waals surface area contributed by atoms with Crippen LogP contribution in [0.2, 0.25) is 5.28 Å². The second kappa shape index (κ2) is 7.49. The number of hydrogen-bond donors (Lipinski definition) is 1. The van der Waals surface area contributed by atoms with Gasteiger partial charge in [-0.3, -0.25) is 23.3 Å². The maximum absolute atomic E-state index is 12.4.